The number of carbonyl (C=O) groups is 1. The van der Waals surface area contributed by atoms with Gasteiger partial charge in [-0.1, -0.05) is 30.3 Å². The molecule has 0 spiro atoms. The Morgan fingerprint density at radius 2 is 2.07 bits per heavy atom. The summed E-state index contributed by atoms with van der Waals surface area (Å²) in [5.74, 6) is 0. The molecule has 0 bridgehead atoms. The highest BCUT2D eigenvalue weighted by molar-refractivity contribution is 5.74. The molecule has 2 heterocycles. The number of nitrogens with zero attached hydrogens (tertiary/aromatic N) is 3. The highest BCUT2D eigenvalue weighted by Gasteiger charge is 2.33. The Hall–Kier alpha value is -2.42. The average Bonchev–Trinajstić information content (AvgIpc) is 3.01. The van der Waals surface area contributed by atoms with E-state index >= 15 is 0 Å². The predicted molar refractivity (Wildman–Crippen MR) is 108 cm³/mol. The van der Waals surface area contributed by atoms with Gasteiger partial charge in [0.1, 0.15) is 0 Å². The Labute approximate surface area is 171 Å². The number of methoxy groups -OCH3 is 1. The van der Waals surface area contributed by atoms with Crippen molar-refractivity contribution < 1.29 is 19.1 Å². The third-order valence-electron chi connectivity index (χ3n) is 5.09. The van der Waals surface area contributed by atoms with Gasteiger partial charge in [-0.25, -0.2) is 10.3 Å². The zero-order valence-corrected chi connectivity index (χ0v) is 17.4. The molecule has 1 N–H and O–H groups in total. The molecule has 29 heavy (non-hydrogen) atoms. The molecule has 1 atom stereocenters. The second kappa shape index (κ2) is 10.4. The molecule has 8 nitrogen and oxygen atoms in total. The lowest BCUT2D eigenvalue weighted by Gasteiger charge is -2.35. The van der Waals surface area contributed by atoms with Crippen molar-refractivity contribution in [2.75, 3.05) is 40.1 Å². The lowest BCUT2D eigenvalue weighted by atomic mass is 10.0. The molecule has 8 heteroatoms. The van der Waals surface area contributed by atoms with E-state index in [0.717, 1.165) is 17.0 Å². The number of nitrogens with one attached hydrogen (secondary N) is 1. The number of hydrogen-bond donors (Lipinski definition) is 1. The first kappa shape index (κ1) is 21.3. The fraction of sp³-hybridized carbons (Fsp3) is 0.524. The van der Waals surface area contributed by atoms with Gasteiger partial charge in [0.15, 0.2) is 0 Å². The molecule has 2 aromatic rings. The largest absolute Gasteiger partial charge is 0.385 e. The summed E-state index contributed by atoms with van der Waals surface area (Å²) in [6.07, 6.45) is 0.716. The molecule has 1 aromatic heterocycles. The maximum atomic E-state index is 12.7. The molecule has 3 rings (SSSR count). The first-order chi connectivity index (χ1) is 14.1. The highest BCUT2D eigenvalue weighted by atomic mass is 16.7. The van der Waals surface area contributed by atoms with Gasteiger partial charge >= 0.3 is 6.03 Å². The van der Waals surface area contributed by atoms with Crippen LogP contribution in [0.15, 0.2) is 30.3 Å². The van der Waals surface area contributed by atoms with Crippen molar-refractivity contribution in [1.82, 2.24) is 20.2 Å². The molecule has 1 fully saturated rings. The van der Waals surface area contributed by atoms with E-state index in [-0.39, 0.29) is 12.1 Å². The van der Waals surface area contributed by atoms with Crippen molar-refractivity contribution in [2.45, 2.75) is 32.9 Å². The first-order valence-electron chi connectivity index (χ1n) is 9.94. The maximum Gasteiger partial charge on any atom is 0.341 e. The van der Waals surface area contributed by atoms with Crippen molar-refractivity contribution in [3.05, 3.63) is 52.8 Å². The van der Waals surface area contributed by atoms with Crippen molar-refractivity contribution in [3.63, 3.8) is 0 Å². The zero-order chi connectivity index (χ0) is 20.6. The fourth-order valence-corrected chi connectivity index (χ4v) is 3.64. The number of hydroxylamine groups is 1. The molecule has 0 saturated carbocycles. The number of aryl methyl sites for hydroxylation is 1. The summed E-state index contributed by atoms with van der Waals surface area (Å²) in [5.41, 5.74) is 6.72. The molecular formula is C21H30N4O4. The van der Waals surface area contributed by atoms with E-state index in [1.165, 1.54) is 5.56 Å². The van der Waals surface area contributed by atoms with Crippen LogP contribution in [-0.4, -0.2) is 60.8 Å². The smallest absolute Gasteiger partial charge is 0.341 e. The van der Waals surface area contributed by atoms with Gasteiger partial charge in [-0.3, -0.25) is 9.52 Å². The monoisotopic (exact) mass is 402 g/mol. The molecule has 1 aromatic carbocycles. The molecule has 0 aliphatic carbocycles. The van der Waals surface area contributed by atoms with Gasteiger partial charge in [0.05, 0.1) is 38.1 Å². The van der Waals surface area contributed by atoms with Gasteiger partial charge in [0.25, 0.3) is 0 Å². The minimum Gasteiger partial charge on any atom is -0.385 e. The van der Waals surface area contributed by atoms with E-state index in [0.29, 0.717) is 45.9 Å². The molecular weight excluding hydrogens is 372 g/mol. The van der Waals surface area contributed by atoms with Crippen LogP contribution >= 0.6 is 0 Å². The minimum absolute atomic E-state index is 0.198. The van der Waals surface area contributed by atoms with Crippen LogP contribution < -0.4 is 5.48 Å². The molecule has 1 saturated heterocycles. The van der Waals surface area contributed by atoms with E-state index in [4.69, 9.17) is 19.4 Å². The van der Waals surface area contributed by atoms with Crippen LogP contribution in [0.1, 0.15) is 35.0 Å². The van der Waals surface area contributed by atoms with Crippen molar-refractivity contribution in [1.29, 1.82) is 0 Å². The lowest BCUT2D eigenvalue weighted by Crippen LogP contribution is -2.48. The number of aromatic nitrogens is 2. The minimum atomic E-state index is -0.259. The Morgan fingerprint density at radius 3 is 2.83 bits per heavy atom. The number of carbonyl (C=O) groups excluding carboxylic acids is 1. The maximum absolute atomic E-state index is 12.7. The second-order valence-electron chi connectivity index (χ2n) is 7.11. The second-order valence-corrected chi connectivity index (χ2v) is 7.11. The Bertz CT molecular complexity index is 793. The summed E-state index contributed by atoms with van der Waals surface area (Å²) >= 11 is 0. The normalized spacial score (nSPS) is 16.8. The summed E-state index contributed by atoms with van der Waals surface area (Å²) < 4.78 is 12.7. The Kier molecular flexibility index (Phi) is 7.62. The molecule has 1 unspecified atom stereocenters. The van der Waals surface area contributed by atoms with E-state index in [1.54, 1.807) is 12.0 Å². The van der Waals surface area contributed by atoms with Gasteiger partial charge in [0, 0.05) is 31.5 Å². The van der Waals surface area contributed by atoms with Gasteiger partial charge in [0.2, 0.25) is 0 Å². The van der Waals surface area contributed by atoms with E-state index in [1.807, 2.05) is 36.7 Å². The number of benzene rings is 1. The molecule has 0 radical (unpaired) electrons. The van der Waals surface area contributed by atoms with Crippen LogP contribution in [0.3, 0.4) is 0 Å². The average molecular weight is 402 g/mol. The topological polar surface area (TPSA) is 77.8 Å². The van der Waals surface area contributed by atoms with Crippen molar-refractivity contribution >= 4 is 6.03 Å². The standard InChI is InChI=1S/C21H30N4O4/c1-16-20(17(2)25(22-16)14-18-8-5-4-6-9-18)19-15-28-13-10-24(19)21(26)23-29-12-7-11-27-3/h4-6,8-9,19H,7,10-15H2,1-3H3,(H,23,26). The van der Waals surface area contributed by atoms with Crippen LogP contribution in [0, 0.1) is 13.8 Å². The number of amides is 2. The predicted octanol–water partition coefficient (Wildman–Crippen LogP) is 2.60. The summed E-state index contributed by atoms with van der Waals surface area (Å²) in [6.45, 7) is 7.16. The van der Waals surface area contributed by atoms with Crippen LogP contribution in [-0.2, 0) is 20.9 Å². The summed E-state index contributed by atoms with van der Waals surface area (Å²) in [7, 11) is 1.64. The van der Waals surface area contributed by atoms with Crippen LogP contribution in [0.25, 0.3) is 0 Å². The molecule has 2 amide bonds. The van der Waals surface area contributed by atoms with Crippen LogP contribution in [0.4, 0.5) is 4.79 Å². The van der Waals surface area contributed by atoms with Gasteiger partial charge < -0.3 is 14.4 Å². The number of urea groups is 1. The zero-order valence-electron chi connectivity index (χ0n) is 17.4. The third-order valence-corrected chi connectivity index (χ3v) is 5.09. The third kappa shape index (κ3) is 5.35. The van der Waals surface area contributed by atoms with Gasteiger partial charge in [-0.2, -0.15) is 5.10 Å². The quantitative estimate of drug-likeness (QED) is 0.542. The van der Waals surface area contributed by atoms with Crippen molar-refractivity contribution in [2.24, 2.45) is 0 Å². The van der Waals surface area contributed by atoms with Crippen molar-refractivity contribution in [3.8, 4) is 0 Å². The molecule has 158 valence electrons. The number of hydrogen-bond acceptors (Lipinski definition) is 5. The van der Waals surface area contributed by atoms with Crippen LogP contribution in [0.2, 0.25) is 0 Å². The number of ether oxygens (including phenoxy) is 2. The summed E-state index contributed by atoms with van der Waals surface area (Å²) in [6, 6.07) is 9.76. The molecule has 1 aliphatic heterocycles. The SMILES string of the molecule is COCCCONC(=O)N1CCOCC1c1c(C)nn(Cc2ccccc2)c1C. The Balaban J connectivity index is 1.72. The van der Waals surface area contributed by atoms with E-state index in [9.17, 15) is 4.79 Å². The first-order valence-corrected chi connectivity index (χ1v) is 9.94. The highest BCUT2D eigenvalue weighted by Crippen LogP contribution is 2.30. The van der Waals surface area contributed by atoms with Crippen LogP contribution in [0.5, 0.6) is 0 Å². The Morgan fingerprint density at radius 1 is 1.28 bits per heavy atom. The number of morpholine rings is 1. The summed E-state index contributed by atoms with van der Waals surface area (Å²) in [4.78, 5) is 19.8. The lowest BCUT2D eigenvalue weighted by molar-refractivity contribution is -0.0121. The fourth-order valence-electron chi connectivity index (χ4n) is 3.64. The molecule has 1 aliphatic rings. The van der Waals surface area contributed by atoms with E-state index in [2.05, 4.69) is 17.6 Å². The van der Waals surface area contributed by atoms with Gasteiger partial charge in [-0.15, -0.1) is 0 Å². The number of rotatable bonds is 8. The van der Waals surface area contributed by atoms with E-state index < -0.39 is 0 Å². The van der Waals surface area contributed by atoms with Gasteiger partial charge in [-0.05, 0) is 25.8 Å². The summed E-state index contributed by atoms with van der Waals surface area (Å²) in [5, 5.41) is 4.73.